The quantitative estimate of drug-likeness (QED) is 0.738. The number of rotatable bonds is 1. The number of hydrogen-bond donors (Lipinski definition) is 0. The lowest BCUT2D eigenvalue weighted by atomic mass is 9.99. The molecule has 0 N–H and O–H groups in total. The van der Waals surface area contributed by atoms with Crippen LogP contribution in [-0.2, 0) is 4.74 Å². The van der Waals surface area contributed by atoms with E-state index in [0.717, 1.165) is 25.2 Å². The fourth-order valence-electron chi connectivity index (χ4n) is 1.56. The minimum absolute atomic E-state index is 0.206. The third kappa shape index (κ3) is 1.92. The summed E-state index contributed by atoms with van der Waals surface area (Å²) in [6.45, 7) is 1.58. The highest BCUT2D eigenvalue weighted by molar-refractivity contribution is 9.10. The molecule has 1 aliphatic rings. The molecule has 13 heavy (non-hydrogen) atoms. The Labute approximate surface area is 85.0 Å². The molecule has 1 aromatic carbocycles. The molecular formula is C10H10BrFO. The van der Waals surface area contributed by atoms with Gasteiger partial charge in [-0.05, 0) is 40.0 Å². The average molecular weight is 245 g/mol. The van der Waals surface area contributed by atoms with Crippen LogP contribution in [0.25, 0.3) is 0 Å². The molecule has 0 amide bonds. The fourth-order valence-corrected chi connectivity index (χ4v) is 1.96. The zero-order valence-electron chi connectivity index (χ0n) is 7.09. The molecule has 70 valence electrons. The highest BCUT2D eigenvalue weighted by atomic mass is 79.9. The van der Waals surface area contributed by atoms with Crippen LogP contribution >= 0.6 is 15.9 Å². The largest absolute Gasteiger partial charge is 0.381 e. The summed E-state index contributed by atoms with van der Waals surface area (Å²) < 4.78 is 18.7. The molecule has 1 atom stereocenters. The standard InChI is InChI=1S/C10H10BrFO/c11-9-5-7(1-2-10(9)12)8-3-4-13-6-8/h1-2,5,8H,3-4,6H2. The Morgan fingerprint density at radius 2 is 2.31 bits per heavy atom. The molecule has 1 aliphatic heterocycles. The van der Waals surface area contributed by atoms with E-state index in [1.165, 1.54) is 6.07 Å². The third-order valence-corrected chi connectivity index (χ3v) is 2.95. The van der Waals surface area contributed by atoms with Gasteiger partial charge < -0.3 is 4.74 Å². The van der Waals surface area contributed by atoms with Crippen LogP contribution in [0.1, 0.15) is 17.9 Å². The number of hydrogen-bond acceptors (Lipinski definition) is 1. The second-order valence-electron chi connectivity index (χ2n) is 3.23. The molecular weight excluding hydrogens is 235 g/mol. The summed E-state index contributed by atoms with van der Waals surface area (Å²) in [7, 11) is 0. The van der Waals surface area contributed by atoms with Gasteiger partial charge >= 0.3 is 0 Å². The number of ether oxygens (including phenoxy) is 1. The SMILES string of the molecule is Fc1ccc(C2CCOC2)cc1Br. The normalized spacial score (nSPS) is 22.2. The highest BCUT2D eigenvalue weighted by Crippen LogP contribution is 2.28. The Morgan fingerprint density at radius 1 is 1.46 bits per heavy atom. The first kappa shape index (κ1) is 9.16. The molecule has 1 unspecified atom stereocenters. The maximum Gasteiger partial charge on any atom is 0.137 e. The van der Waals surface area contributed by atoms with Gasteiger partial charge in [0.25, 0.3) is 0 Å². The van der Waals surface area contributed by atoms with Gasteiger partial charge in [-0.3, -0.25) is 0 Å². The van der Waals surface area contributed by atoms with E-state index in [4.69, 9.17) is 4.74 Å². The van der Waals surface area contributed by atoms with E-state index in [1.54, 1.807) is 0 Å². The lowest BCUT2D eigenvalue weighted by molar-refractivity contribution is 0.194. The van der Waals surface area contributed by atoms with E-state index < -0.39 is 0 Å². The minimum Gasteiger partial charge on any atom is -0.381 e. The molecule has 3 heteroatoms. The van der Waals surface area contributed by atoms with Crippen molar-refractivity contribution in [2.75, 3.05) is 13.2 Å². The Bertz CT molecular complexity index is 308. The van der Waals surface area contributed by atoms with Gasteiger partial charge in [0.05, 0.1) is 11.1 Å². The number of halogens is 2. The summed E-state index contributed by atoms with van der Waals surface area (Å²) in [5.41, 5.74) is 1.16. The van der Waals surface area contributed by atoms with Crippen LogP contribution in [0.4, 0.5) is 4.39 Å². The minimum atomic E-state index is -0.206. The van der Waals surface area contributed by atoms with Crippen molar-refractivity contribution in [2.24, 2.45) is 0 Å². The Kier molecular flexibility index (Phi) is 2.65. The van der Waals surface area contributed by atoms with Crippen LogP contribution in [0.3, 0.4) is 0 Å². The third-order valence-electron chi connectivity index (χ3n) is 2.34. The topological polar surface area (TPSA) is 9.23 Å². The maximum atomic E-state index is 12.9. The molecule has 1 heterocycles. The van der Waals surface area contributed by atoms with Crippen molar-refractivity contribution >= 4 is 15.9 Å². The van der Waals surface area contributed by atoms with E-state index >= 15 is 0 Å². The molecule has 1 saturated heterocycles. The van der Waals surface area contributed by atoms with Gasteiger partial charge in [-0.1, -0.05) is 6.07 Å². The summed E-state index contributed by atoms with van der Waals surface area (Å²) in [4.78, 5) is 0. The Hall–Kier alpha value is -0.410. The van der Waals surface area contributed by atoms with Crippen LogP contribution in [0.15, 0.2) is 22.7 Å². The molecule has 2 rings (SSSR count). The second kappa shape index (κ2) is 3.76. The van der Waals surface area contributed by atoms with E-state index in [9.17, 15) is 4.39 Å². The summed E-state index contributed by atoms with van der Waals surface area (Å²) in [5, 5.41) is 0. The van der Waals surface area contributed by atoms with Gasteiger partial charge in [0, 0.05) is 12.5 Å². The number of benzene rings is 1. The van der Waals surface area contributed by atoms with Crippen LogP contribution in [0, 0.1) is 5.82 Å². The van der Waals surface area contributed by atoms with Crippen molar-refractivity contribution in [2.45, 2.75) is 12.3 Å². The first-order valence-corrected chi connectivity index (χ1v) is 5.09. The predicted octanol–water partition coefficient (Wildman–Crippen LogP) is 3.09. The van der Waals surface area contributed by atoms with Crippen molar-refractivity contribution in [1.29, 1.82) is 0 Å². The monoisotopic (exact) mass is 244 g/mol. The molecule has 1 fully saturated rings. The second-order valence-corrected chi connectivity index (χ2v) is 4.09. The summed E-state index contributed by atoms with van der Waals surface area (Å²) >= 11 is 3.18. The zero-order chi connectivity index (χ0) is 9.26. The average Bonchev–Trinajstić information content (AvgIpc) is 2.62. The van der Waals surface area contributed by atoms with Crippen molar-refractivity contribution in [1.82, 2.24) is 0 Å². The lowest BCUT2D eigenvalue weighted by Gasteiger charge is -2.08. The van der Waals surface area contributed by atoms with Crippen LogP contribution in [0.2, 0.25) is 0 Å². The summed E-state index contributed by atoms with van der Waals surface area (Å²) in [6, 6.07) is 5.17. The fraction of sp³-hybridized carbons (Fsp3) is 0.400. The van der Waals surface area contributed by atoms with E-state index in [1.807, 2.05) is 12.1 Å². The van der Waals surface area contributed by atoms with Gasteiger partial charge in [-0.25, -0.2) is 4.39 Å². The maximum absolute atomic E-state index is 12.9. The van der Waals surface area contributed by atoms with Crippen LogP contribution in [0.5, 0.6) is 0 Å². The highest BCUT2D eigenvalue weighted by Gasteiger charge is 2.18. The van der Waals surface area contributed by atoms with Crippen LogP contribution < -0.4 is 0 Å². The molecule has 0 spiro atoms. The first-order chi connectivity index (χ1) is 6.27. The summed E-state index contributed by atoms with van der Waals surface area (Å²) in [6.07, 6.45) is 1.04. The van der Waals surface area contributed by atoms with Gasteiger partial charge in [-0.15, -0.1) is 0 Å². The van der Waals surface area contributed by atoms with Crippen LogP contribution in [-0.4, -0.2) is 13.2 Å². The lowest BCUT2D eigenvalue weighted by Crippen LogP contribution is -1.97. The molecule has 1 aromatic rings. The summed E-state index contributed by atoms with van der Waals surface area (Å²) in [5.74, 6) is 0.236. The van der Waals surface area contributed by atoms with Gasteiger partial charge in [-0.2, -0.15) is 0 Å². The molecule has 0 bridgehead atoms. The molecule has 0 saturated carbocycles. The van der Waals surface area contributed by atoms with Gasteiger partial charge in [0.1, 0.15) is 5.82 Å². The smallest absolute Gasteiger partial charge is 0.137 e. The van der Waals surface area contributed by atoms with Gasteiger partial charge in [0.15, 0.2) is 0 Å². The predicted molar refractivity (Wildman–Crippen MR) is 52.3 cm³/mol. The van der Waals surface area contributed by atoms with E-state index in [0.29, 0.717) is 10.4 Å². The van der Waals surface area contributed by atoms with Crippen molar-refractivity contribution in [3.63, 3.8) is 0 Å². The zero-order valence-corrected chi connectivity index (χ0v) is 8.68. The molecule has 0 aromatic heterocycles. The molecule has 0 radical (unpaired) electrons. The first-order valence-electron chi connectivity index (χ1n) is 4.30. The Morgan fingerprint density at radius 3 is 2.92 bits per heavy atom. The Balaban J connectivity index is 2.25. The van der Waals surface area contributed by atoms with Crippen molar-refractivity contribution in [3.05, 3.63) is 34.1 Å². The van der Waals surface area contributed by atoms with E-state index in [2.05, 4.69) is 15.9 Å². The van der Waals surface area contributed by atoms with Crippen molar-refractivity contribution in [3.8, 4) is 0 Å². The van der Waals surface area contributed by atoms with Gasteiger partial charge in [0.2, 0.25) is 0 Å². The molecule has 0 aliphatic carbocycles. The van der Waals surface area contributed by atoms with E-state index in [-0.39, 0.29) is 5.82 Å². The van der Waals surface area contributed by atoms with Crippen molar-refractivity contribution < 1.29 is 9.13 Å². The molecule has 1 nitrogen and oxygen atoms in total.